The highest BCUT2D eigenvalue weighted by Crippen LogP contribution is 2.19. The number of imidazole rings is 2. The van der Waals surface area contributed by atoms with E-state index in [1.165, 1.54) is 33.9 Å². The van der Waals surface area contributed by atoms with Gasteiger partial charge in [-0.2, -0.15) is 0 Å². The van der Waals surface area contributed by atoms with Gasteiger partial charge in [0.05, 0.1) is 12.6 Å². The molecule has 0 spiro atoms. The summed E-state index contributed by atoms with van der Waals surface area (Å²) in [5, 5.41) is 43.6. The summed E-state index contributed by atoms with van der Waals surface area (Å²) in [6.07, 6.45) is 6.47. The number of hydrogen-bond acceptors (Lipinski definition) is 12. The van der Waals surface area contributed by atoms with Gasteiger partial charge >= 0.3 is 36.3 Å². The first-order chi connectivity index (χ1) is 25.2. The second-order valence-electron chi connectivity index (χ2n) is 12.1. The Kier molecular flexibility index (Phi) is 18.1. The van der Waals surface area contributed by atoms with Crippen LogP contribution in [0.25, 0.3) is 0 Å². The third-order valence-corrected chi connectivity index (χ3v) is 8.01. The van der Waals surface area contributed by atoms with Gasteiger partial charge in [0.25, 0.3) is 6.47 Å². The van der Waals surface area contributed by atoms with Crippen LogP contribution in [0.15, 0.2) is 24.8 Å². The minimum Gasteiger partial charge on any atom is -0.481 e. The van der Waals surface area contributed by atoms with Crippen LogP contribution in [-0.2, 0) is 64.5 Å². The van der Waals surface area contributed by atoms with E-state index >= 15 is 0 Å². The largest absolute Gasteiger partial charge is 0.481 e. The molecular weight excluding hydrogens is 706 g/mol. The van der Waals surface area contributed by atoms with Gasteiger partial charge in [0.15, 0.2) is 17.9 Å². The number of hydrogen-bond donors (Lipinski definition) is 8. The van der Waals surface area contributed by atoms with Crippen LogP contribution in [0.4, 0.5) is 4.79 Å². The van der Waals surface area contributed by atoms with Crippen LogP contribution in [0.2, 0.25) is 0 Å². The lowest BCUT2D eigenvalue weighted by atomic mass is 10.1. The Morgan fingerprint density at radius 1 is 0.811 bits per heavy atom. The number of carbonyl (C=O) groups is 8. The summed E-state index contributed by atoms with van der Waals surface area (Å²) >= 11 is 0. The summed E-state index contributed by atoms with van der Waals surface area (Å²) in [6, 6.07) is -3.35. The van der Waals surface area contributed by atoms with E-state index in [4.69, 9.17) is 15.6 Å². The van der Waals surface area contributed by atoms with Crippen molar-refractivity contribution in [1.29, 1.82) is 0 Å². The number of aliphatic carboxylic acids is 4. The number of nitrogens with two attached hydrogens (primary N) is 1. The minimum atomic E-state index is -1.48. The molecule has 0 saturated carbocycles. The maximum absolute atomic E-state index is 12.7. The zero-order valence-electron chi connectivity index (χ0n) is 28.9. The summed E-state index contributed by atoms with van der Waals surface area (Å²) in [6.45, 7) is -0.257. The van der Waals surface area contributed by atoms with Gasteiger partial charge in [-0.05, 0) is 38.5 Å². The van der Waals surface area contributed by atoms with Gasteiger partial charge in [-0.15, -0.1) is 0 Å². The Balaban J connectivity index is 1.88. The molecule has 0 saturated heterocycles. The van der Waals surface area contributed by atoms with Crippen molar-refractivity contribution < 1.29 is 68.0 Å². The van der Waals surface area contributed by atoms with Crippen LogP contribution >= 0.6 is 0 Å². The molecule has 1 unspecified atom stereocenters. The van der Waals surface area contributed by atoms with E-state index in [2.05, 4.69) is 25.9 Å². The number of carboxylic acids is 4. The van der Waals surface area contributed by atoms with Crippen LogP contribution in [-0.4, -0.2) is 124 Å². The Labute approximate surface area is 302 Å². The van der Waals surface area contributed by atoms with Crippen LogP contribution < -0.4 is 21.7 Å². The molecule has 0 aliphatic heterocycles. The number of unbranched alkanes of at least 4 members (excludes halogenated alkanes) is 2. The highest BCUT2D eigenvalue weighted by Gasteiger charge is 2.32. The molecule has 2 aromatic rings. The van der Waals surface area contributed by atoms with E-state index < -0.39 is 60.5 Å². The predicted octanol–water partition coefficient (Wildman–Crippen LogP) is -1.18. The molecule has 0 aliphatic rings. The second kappa shape index (κ2) is 22.1. The van der Waals surface area contributed by atoms with E-state index in [9.17, 15) is 53.7 Å². The molecule has 53 heavy (non-hydrogen) atoms. The smallest absolute Gasteiger partial charge is 0.326 e. The minimum absolute atomic E-state index is 0.00909. The molecule has 292 valence electrons. The molecule has 0 radical (unpaired) electrons. The first-order valence-corrected chi connectivity index (χ1v) is 16.6. The molecule has 2 rings (SSSR count). The summed E-state index contributed by atoms with van der Waals surface area (Å²) in [5.41, 5.74) is 6.10. The molecule has 2 heterocycles. The maximum atomic E-state index is 12.7. The van der Waals surface area contributed by atoms with E-state index in [1.807, 2.05) is 0 Å². The summed E-state index contributed by atoms with van der Waals surface area (Å²) in [7, 11) is 0. The number of ether oxygens (including phenoxy) is 1. The van der Waals surface area contributed by atoms with Crippen LogP contribution in [0, 0.1) is 0 Å². The Hall–Kier alpha value is -5.90. The van der Waals surface area contributed by atoms with Crippen molar-refractivity contribution in [1.82, 2.24) is 35.1 Å². The third-order valence-electron chi connectivity index (χ3n) is 8.01. The topological polar surface area (TPSA) is 324 Å². The quantitative estimate of drug-likeness (QED) is 0.0219. The molecule has 4 amide bonds. The monoisotopic (exact) mass is 752 g/mol. The van der Waals surface area contributed by atoms with Crippen LogP contribution in [0.1, 0.15) is 63.0 Å². The van der Waals surface area contributed by atoms with Gasteiger partial charge < -0.3 is 56.0 Å². The van der Waals surface area contributed by atoms with Gasteiger partial charge in [-0.25, -0.2) is 24.4 Å². The lowest BCUT2D eigenvalue weighted by Crippen LogP contribution is -2.49. The van der Waals surface area contributed by atoms with Crippen molar-refractivity contribution in [3.8, 4) is 0 Å². The third kappa shape index (κ3) is 15.9. The van der Waals surface area contributed by atoms with Crippen LogP contribution in [0.5, 0.6) is 0 Å². The SMILES string of the molecule is NC(CCCC[N+](C=O)(Cc1nccn1CC(=O)O)Cc1nccn1CC(=O)O)C(=O)NCCCC[C@H](NC(=O)N[C@@H](CCC(=O)O)C(=O)O)OC=O. The number of carboxylic acid groups (broad SMARTS) is 4. The highest BCUT2D eigenvalue weighted by atomic mass is 16.5. The van der Waals surface area contributed by atoms with E-state index in [0.29, 0.717) is 43.7 Å². The van der Waals surface area contributed by atoms with Crippen molar-refractivity contribution >= 4 is 48.7 Å². The average molecular weight is 753 g/mol. The summed E-state index contributed by atoms with van der Waals surface area (Å²) < 4.78 is 7.33. The fourth-order valence-electron chi connectivity index (χ4n) is 5.30. The molecule has 2 aromatic heterocycles. The van der Waals surface area contributed by atoms with Crippen molar-refractivity contribution in [2.75, 3.05) is 13.1 Å². The number of nitrogens with zero attached hydrogens (tertiary/aromatic N) is 5. The highest BCUT2D eigenvalue weighted by molar-refractivity contribution is 5.83. The molecule has 0 fully saturated rings. The lowest BCUT2D eigenvalue weighted by Gasteiger charge is -2.31. The first-order valence-electron chi connectivity index (χ1n) is 16.6. The van der Waals surface area contributed by atoms with E-state index in [-0.39, 0.29) is 69.5 Å². The van der Waals surface area contributed by atoms with E-state index in [0.717, 1.165) is 0 Å². The van der Waals surface area contributed by atoms with Gasteiger partial charge in [-0.3, -0.25) is 28.5 Å². The molecule has 3 atom stereocenters. The Bertz CT molecular complexity index is 1500. The number of amides is 4. The Morgan fingerprint density at radius 2 is 1.40 bits per heavy atom. The molecule has 22 heteroatoms. The average Bonchev–Trinajstić information content (AvgIpc) is 3.71. The fraction of sp³-hybridized carbons (Fsp3) is 0.548. The van der Waals surface area contributed by atoms with Crippen LogP contribution in [0.3, 0.4) is 0 Å². The lowest BCUT2D eigenvalue weighted by molar-refractivity contribution is -0.874. The number of rotatable bonds is 28. The van der Waals surface area contributed by atoms with Gasteiger partial charge in [0.1, 0.15) is 32.2 Å². The normalized spacial score (nSPS) is 12.8. The van der Waals surface area contributed by atoms with Crippen molar-refractivity contribution in [3.63, 3.8) is 0 Å². The van der Waals surface area contributed by atoms with Gasteiger partial charge in [0, 0.05) is 44.2 Å². The zero-order valence-corrected chi connectivity index (χ0v) is 28.9. The number of aromatic nitrogens is 4. The molecular formula is C31H46N9O13+. The molecule has 0 bridgehead atoms. The van der Waals surface area contributed by atoms with Crippen molar-refractivity contribution in [2.24, 2.45) is 5.73 Å². The number of urea groups is 1. The number of quaternary nitrogens is 1. The van der Waals surface area contributed by atoms with E-state index in [1.54, 1.807) is 0 Å². The molecule has 0 aromatic carbocycles. The van der Waals surface area contributed by atoms with Crippen molar-refractivity contribution in [3.05, 3.63) is 36.4 Å². The predicted molar refractivity (Wildman–Crippen MR) is 178 cm³/mol. The van der Waals surface area contributed by atoms with Gasteiger partial charge in [0.2, 0.25) is 5.91 Å². The van der Waals surface area contributed by atoms with Gasteiger partial charge in [-0.1, -0.05) is 0 Å². The first kappa shape index (κ1) is 43.3. The Morgan fingerprint density at radius 3 is 1.91 bits per heavy atom. The number of nitrogens with one attached hydrogen (secondary N) is 3. The zero-order chi connectivity index (χ0) is 39.4. The number of carbonyl (C=O) groups excluding carboxylic acids is 4. The standard InChI is InChI=1S/C31H45N9O13/c32-21(29(49)35-9-3-1-6-25(53-20-42)37-31(52)36-22(30(50)51)7-8-26(43)44)5-2-4-14-40(19-41,17-23-33-10-12-38(23)15-27(45)46)18-24-34-11-13-39(24)16-28(47)48/h10-13,19-22,25H,1-9,14-18,32H2,(H6-,35,36,37,43,44,45,46,47,48,49,50,51,52)/p+1/t21?,22-,25+/m0/s1. The maximum Gasteiger partial charge on any atom is 0.326 e. The fourth-order valence-corrected chi connectivity index (χ4v) is 5.30. The summed E-state index contributed by atoms with van der Waals surface area (Å²) in [5.74, 6) is -4.66. The molecule has 0 aliphatic carbocycles. The second-order valence-corrected chi connectivity index (χ2v) is 12.1. The van der Waals surface area contributed by atoms with Crippen molar-refractivity contribution in [2.45, 2.75) is 95.9 Å². The summed E-state index contributed by atoms with van der Waals surface area (Å²) in [4.78, 5) is 102. The molecule has 22 nitrogen and oxygen atoms in total. The molecule has 9 N–H and O–H groups in total.